The predicted octanol–water partition coefficient (Wildman–Crippen LogP) is 5.50. The molecule has 0 aliphatic carbocycles. The zero-order valence-corrected chi connectivity index (χ0v) is 23.0. The number of piperidine rings is 1. The molecule has 2 amide bonds. The van der Waals surface area contributed by atoms with Gasteiger partial charge in [-0.2, -0.15) is 0 Å². The lowest BCUT2D eigenvalue weighted by Crippen LogP contribution is -2.48. The van der Waals surface area contributed by atoms with Gasteiger partial charge in [0.1, 0.15) is 5.82 Å². The number of carbonyl (C=O) groups is 2. The predicted molar refractivity (Wildman–Crippen MR) is 155 cm³/mol. The summed E-state index contributed by atoms with van der Waals surface area (Å²) in [6.07, 6.45) is 2.76. The van der Waals surface area contributed by atoms with E-state index in [1.165, 1.54) is 12.8 Å². The van der Waals surface area contributed by atoms with Gasteiger partial charge in [0.05, 0.1) is 5.52 Å². The summed E-state index contributed by atoms with van der Waals surface area (Å²) in [5, 5.41) is 4.71. The standard InChI is InChI=1S/C30H36ClN5O2/c1-21-10-12-35(13-11-21)28-18-22(2)26-20-24(6-7-27(26)33-28)32-29(37)8-9-30(38)36-16-14-34(15-17-36)25-5-3-4-23(31)19-25/h3-7,18-21H,8-17H2,1-2H3,(H,32,37). The van der Waals surface area contributed by atoms with Crippen LogP contribution in [-0.4, -0.2) is 61.0 Å². The number of fused-ring (bicyclic) bond motifs is 1. The summed E-state index contributed by atoms with van der Waals surface area (Å²) in [4.78, 5) is 36.7. The largest absolute Gasteiger partial charge is 0.368 e. The molecule has 1 N–H and O–H groups in total. The fraction of sp³-hybridized carbons (Fsp3) is 0.433. The van der Waals surface area contributed by atoms with E-state index in [2.05, 4.69) is 35.0 Å². The maximum absolute atomic E-state index is 12.7. The second-order valence-corrected chi connectivity index (χ2v) is 11.0. The SMILES string of the molecule is Cc1cc(N2CCC(C)CC2)nc2ccc(NC(=O)CCC(=O)N3CCN(c4cccc(Cl)c4)CC3)cc12. The van der Waals surface area contributed by atoms with Crippen molar-refractivity contribution < 1.29 is 9.59 Å². The minimum atomic E-state index is -0.153. The summed E-state index contributed by atoms with van der Waals surface area (Å²) in [6, 6.07) is 15.8. The number of hydrogen-bond donors (Lipinski definition) is 1. The number of pyridine rings is 1. The van der Waals surface area contributed by atoms with Gasteiger partial charge >= 0.3 is 0 Å². The molecule has 8 heteroatoms. The molecule has 3 aromatic rings. The number of nitrogens with zero attached hydrogens (tertiary/aromatic N) is 4. The lowest BCUT2D eigenvalue weighted by atomic mass is 9.99. The molecule has 2 aliphatic rings. The zero-order chi connectivity index (χ0) is 26.6. The highest BCUT2D eigenvalue weighted by molar-refractivity contribution is 6.30. The fourth-order valence-corrected chi connectivity index (χ4v) is 5.53. The van der Waals surface area contributed by atoms with Crippen LogP contribution in [0.2, 0.25) is 5.02 Å². The van der Waals surface area contributed by atoms with E-state index in [9.17, 15) is 9.59 Å². The monoisotopic (exact) mass is 533 g/mol. The Kier molecular flexibility index (Phi) is 8.03. The molecular formula is C30H36ClN5O2. The van der Waals surface area contributed by atoms with Crippen LogP contribution in [0.25, 0.3) is 10.9 Å². The molecule has 0 saturated carbocycles. The molecule has 0 atom stereocenters. The first-order valence-electron chi connectivity index (χ1n) is 13.6. The van der Waals surface area contributed by atoms with Gasteiger partial charge in [-0.15, -0.1) is 0 Å². The van der Waals surface area contributed by atoms with Crippen molar-refractivity contribution in [2.45, 2.75) is 39.5 Å². The lowest BCUT2D eigenvalue weighted by Gasteiger charge is -2.36. The zero-order valence-electron chi connectivity index (χ0n) is 22.3. The molecule has 3 heterocycles. The smallest absolute Gasteiger partial charge is 0.224 e. The van der Waals surface area contributed by atoms with Crippen LogP contribution in [0.5, 0.6) is 0 Å². The molecule has 0 bridgehead atoms. The van der Waals surface area contributed by atoms with Crippen LogP contribution in [0.3, 0.4) is 0 Å². The highest BCUT2D eigenvalue weighted by atomic mass is 35.5. The third-order valence-corrected chi connectivity index (χ3v) is 8.00. The number of benzene rings is 2. The molecular weight excluding hydrogens is 498 g/mol. The van der Waals surface area contributed by atoms with Crippen LogP contribution < -0.4 is 15.1 Å². The summed E-state index contributed by atoms with van der Waals surface area (Å²) in [6.45, 7) is 9.28. The molecule has 5 rings (SSSR count). The van der Waals surface area contributed by atoms with Crippen LogP contribution >= 0.6 is 11.6 Å². The summed E-state index contributed by atoms with van der Waals surface area (Å²) >= 11 is 6.11. The van der Waals surface area contributed by atoms with Crippen molar-refractivity contribution in [1.82, 2.24) is 9.88 Å². The van der Waals surface area contributed by atoms with E-state index >= 15 is 0 Å². The number of anilines is 3. The second kappa shape index (κ2) is 11.6. The Morgan fingerprint density at radius 1 is 0.947 bits per heavy atom. The maximum Gasteiger partial charge on any atom is 0.224 e. The summed E-state index contributed by atoms with van der Waals surface area (Å²) in [5.41, 5.74) is 3.88. The summed E-state index contributed by atoms with van der Waals surface area (Å²) in [5.74, 6) is 1.67. The maximum atomic E-state index is 12.7. The highest BCUT2D eigenvalue weighted by Gasteiger charge is 2.22. The van der Waals surface area contributed by atoms with E-state index in [0.29, 0.717) is 18.1 Å². The van der Waals surface area contributed by atoms with Gasteiger partial charge in [0.15, 0.2) is 0 Å². The highest BCUT2D eigenvalue weighted by Crippen LogP contribution is 2.28. The van der Waals surface area contributed by atoms with Crippen molar-refractivity contribution in [1.29, 1.82) is 0 Å². The fourth-order valence-electron chi connectivity index (χ4n) is 5.34. The Hall–Kier alpha value is -3.32. The summed E-state index contributed by atoms with van der Waals surface area (Å²) < 4.78 is 0. The molecule has 0 radical (unpaired) electrons. The van der Waals surface area contributed by atoms with Crippen LogP contribution in [0.1, 0.15) is 38.2 Å². The minimum Gasteiger partial charge on any atom is -0.368 e. The van der Waals surface area contributed by atoms with E-state index < -0.39 is 0 Å². The number of amides is 2. The molecule has 200 valence electrons. The van der Waals surface area contributed by atoms with Crippen LogP contribution in [0, 0.1) is 12.8 Å². The van der Waals surface area contributed by atoms with Crippen molar-refractivity contribution in [3.8, 4) is 0 Å². The first-order chi connectivity index (χ1) is 18.4. The molecule has 2 aromatic carbocycles. The second-order valence-electron chi connectivity index (χ2n) is 10.6. The number of piperazine rings is 1. The van der Waals surface area contributed by atoms with Gasteiger partial charge in [0.25, 0.3) is 0 Å². The van der Waals surface area contributed by atoms with Crippen molar-refractivity contribution in [3.63, 3.8) is 0 Å². The number of hydrogen-bond acceptors (Lipinski definition) is 5. The minimum absolute atomic E-state index is 0.0177. The van der Waals surface area contributed by atoms with Crippen LogP contribution in [-0.2, 0) is 9.59 Å². The van der Waals surface area contributed by atoms with Crippen molar-refractivity contribution in [2.75, 3.05) is 54.4 Å². The topological polar surface area (TPSA) is 68.8 Å². The Morgan fingerprint density at radius 3 is 2.45 bits per heavy atom. The molecule has 7 nitrogen and oxygen atoms in total. The lowest BCUT2D eigenvalue weighted by molar-refractivity contribution is -0.133. The van der Waals surface area contributed by atoms with Gasteiger partial charge in [0, 0.05) is 73.9 Å². The number of halogens is 1. The number of aromatic nitrogens is 1. The van der Waals surface area contributed by atoms with Crippen molar-refractivity contribution in [3.05, 3.63) is 59.1 Å². The van der Waals surface area contributed by atoms with Crippen molar-refractivity contribution in [2.24, 2.45) is 5.92 Å². The molecule has 38 heavy (non-hydrogen) atoms. The Morgan fingerprint density at radius 2 is 1.71 bits per heavy atom. The van der Waals surface area contributed by atoms with Gasteiger partial charge in [-0.25, -0.2) is 4.98 Å². The third kappa shape index (κ3) is 6.21. The van der Waals surface area contributed by atoms with Crippen LogP contribution in [0.4, 0.5) is 17.2 Å². The molecule has 2 saturated heterocycles. The molecule has 0 unspecified atom stereocenters. The molecule has 0 spiro atoms. The molecule has 2 aliphatic heterocycles. The molecule has 2 fully saturated rings. The Balaban J connectivity index is 1.12. The quantitative estimate of drug-likeness (QED) is 0.453. The van der Waals surface area contributed by atoms with E-state index in [4.69, 9.17) is 16.6 Å². The van der Waals surface area contributed by atoms with Gasteiger partial charge in [0.2, 0.25) is 11.8 Å². The van der Waals surface area contributed by atoms with E-state index in [0.717, 1.165) is 65.8 Å². The van der Waals surface area contributed by atoms with E-state index in [-0.39, 0.29) is 24.7 Å². The molecule has 1 aromatic heterocycles. The number of aryl methyl sites for hydroxylation is 1. The van der Waals surface area contributed by atoms with Gasteiger partial charge in [-0.3, -0.25) is 9.59 Å². The third-order valence-electron chi connectivity index (χ3n) is 7.77. The summed E-state index contributed by atoms with van der Waals surface area (Å²) in [7, 11) is 0. The Bertz CT molecular complexity index is 1310. The van der Waals surface area contributed by atoms with E-state index in [1.807, 2.05) is 47.4 Å². The van der Waals surface area contributed by atoms with Gasteiger partial charge in [-0.1, -0.05) is 24.6 Å². The average molecular weight is 534 g/mol. The van der Waals surface area contributed by atoms with Crippen molar-refractivity contribution >= 4 is 51.5 Å². The van der Waals surface area contributed by atoms with E-state index in [1.54, 1.807) is 0 Å². The Labute approximate surface area is 229 Å². The number of nitrogens with one attached hydrogen (secondary N) is 1. The van der Waals surface area contributed by atoms with Crippen LogP contribution in [0.15, 0.2) is 48.5 Å². The van der Waals surface area contributed by atoms with Gasteiger partial charge < -0.3 is 20.0 Å². The average Bonchev–Trinajstić information content (AvgIpc) is 2.92. The normalized spacial score (nSPS) is 16.7. The number of carbonyl (C=O) groups excluding carboxylic acids is 2. The number of rotatable bonds is 6. The first kappa shape index (κ1) is 26.3. The first-order valence-corrected chi connectivity index (χ1v) is 14.0. The van der Waals surface area contributed by atoms with Gasteiger partial charge in [-0.05, 0) is 73.7 Å².